The molecule has 0 amide bonds. The molecule has 164 valence electrons. The second kappa shape index (κ2) is 5.61. The van der Waals surface area contributed by atoms with Crippen molar-refractivity contribution in [1.29, 1.82) is 0 Å². The van der Waals surface area contributed by atoms with E-state index in [-0.39, 0.29) is 18.1 Å². The van der Waals surface area contributed by atoms with Crippen molar-refractivity contribution >= 4 is 11.8 Å². The van der Waals surface area contributed by atoms with Crippen LogP contribution in [-0.2, 0) is 19.1 Å². The first kappa shape index (κ1) is 20.3. The Morgan fingerprint density at radius 1 is 1.23 bits per heavy atom. The molecule has 1 heterocycles. The van der Waals surface area contributed by atoms with Gasteiger partial charge in [0.05, 0.1) is 6.10 Å². The number of aliphatic hydroxyl groups is 1. The molecule has 2 N–H and O–H groups in total. The van der Waals surface area contributed by atoms with Crippen molar-refractivity contribution in [1.82, 2.24) is 0 Å². The first-order valence-electron chi connectivity index (χ1n) is 10.7. The van der Waals surface area contributed by atoms with E-state index >= 15 is 4.39 Å². The molecule has 7 heteroatoms. The van der Waals surface area contributed by atoms with Crippen LogP contribution in [0.2, 0.25) is 0 Å². The molecule has 1 unspecified atom stereocenters. The van der Waals surface area contributed by atoms with Crippen LogP contribution in [0.25, 0.3) is 0 Å². The van der Waals surface area contributed by atoms with Gasteiger partial charge < -0.3 is 19.7 Å². The van der Waals surface area contributed by atoms with Crippen LogP contribution in [-0.4, -0.2) is 51.2 Å². The van der Waals surface area contributed by atoms with E-state index in [2.05, 4.69) is 0 Å². The molecule has 4 aliphatic carbocycles. The zero-order chi connectivity index (χ0) is 21.9. The lowest BCUT2D eigenvalue weighted by atomic mass is 9.45. The molecule has 0 aromatic rings. The van der Waals surface area contributed by atoms with Crippen LogP contribution < -0.4 is 0 Å². The second-order valence-electron chi connectivity index (χ2n) is 10.6. The number of ketones is 1. The van der Waals surface area contributed by atoms with Gasteiger partial charge in [0.25, 0.3) is 0 Å². The molecule has 3 saturated carbocycles. The maximum absolute atomic E-state index is 17.0. The average Bonchev–Trinajstić information content (AvgIpc) is 3.04. The number of carbonyl (C=O) groups is 2. The molecule has 0 radical (unpaired) electrons. The minimum atomic E-state index is -1.99. The van der Waals surface area contributed by atoms with Crippen LogP contribution in [0, 0.1) is 22.7 Å². The number of carbonyl (C=O) groups excluding carboxylic acids is 1. The van der Waals surface area contributed by atoms with Gasteiger partial charge in [-0.25, -0.2) is 9.18 Å². The summed E-state index contributed by atoms with van der Waals surface area (Å²) in [5, 5.41) is 21.6. The van der Waals surface area contributed by atoms with Gasteiger partial charge in [-0.3, -0.25) is 4.79 Å². The SMILES string of the molecule is CC1(C)O[C@@H]2CC3[C@@H]4CCC5=CC(=O)C=C[C@]5(C)[C@@]4(F)[C@@H](O)C[C@]3(C)[C@]2(C(=O)O)O1. The summed E-state index contributed by atoms with van der Waals surface area (Å²) in [6, 6.07) is 0. The van der Waals surface area contributed by atoms with Gasteiger partial charge in [0.15, 0.2) is 22.8 Å². The van der Waals surface area contributed by atoms with E-state index in [0.29, 0.717) is 24.8 Å². The van der Waals surface area contributed by atoms with Gasteiger partial charge in [0, 0.05) is 16.7 Å². The van der Waals surface area contributed by atoms with Crippen LogP contribution in [0.15, 0.2) is 23.8 Å². The standard InChI is InChI=1S/C23H29FO6/c1-19(2)29-17-10-15-14-6-5-12-9-13(25)7-8-20(12,3)22(14,24)16(26)11-21(15,4)23(17,30-19)18(27)28/h7-9,14-17,26H,5-6,10-11H2,1-4H3,(H,27,28)/t14-,15?,16-,17+,20-,21-,22-,23-/m0/s1. The van der Waals surface area contributed by atoms with E-state index in [1.807, 2.05) is 6.92 Å². The molecule has 1 aliphatic heterocycles. The van der Waals surface area contributed by atoms with E-state index in [1.54, 1.807) is 26.8 Å². The van der Waals surface area contributed by atoms with Crippen molar-refractivity contribution in [3.63, 3.8) is 0 Å². The fourth-order valence-corrected chi connectivity index (χ4v) is 7.68. The van der Waals surface area contributed by atoms with Crippen molar-refractivity contribution in [3.05, 3.63) is 23.8 Å². The Labute approximate surface area is 175 Å². The van der Waals surface area contributed by atoms with Gasteiger partial charge in [-0.1, -0.05) is 18.6 Å². The predicted octanol–water partition coefficient (Wildman–Crippen LogP) is 2.94. The number of rotatable bonds is 1. The van der Waals surface area contributed by atoms with E-state index in [9.17, 15) is 19.8 Å². The zero-order valence-corrected chi connectivity index (χ0v) is 17.8. The number of ether oxygens (including phenoxy) is 2. The molecule has 0 bridgehead atoms. The Kier molecular flexibility index (Phi) is 3.81. The van der Waals surface area contributed by atoms with Crippen molar-refractivity contribution in [2.45, 2.75) is 82.6 Å². The van der Waals surface area contributed by atoms with E-state index < -0.39 is 52.0 Å². The summed E-state index contributed by atoms with van der Waals surface area (Å²) in [6.07, 6.45) is 3.69. The van der Waals surface area contributed by atoms with Crippen LogP contribution >= 0.6 is 0 Å². The van der Waals surface area contributed by atoms with Gasteiger partial charge in [-0.05, 0) is 64.5 Å². The number of aliphatic carboxylic acids is 1. The molecule has 4 fully saturated rings. The molecule has 8 atom stereocenters. The molecular formula is C23H29FO6. The van der Waals surface area contributed by atoms with Gasteiger partial charge >= 0.3 is 5.97 Å². The summed E-state index contributed by atoms with van der Waals surface area (Å²) in [4.78, 5) is 24.5. The maximum atomic E-state index is 17.0. The molecule has 1 saturated heterocycles. The molecule has 5 rings (SSSR count). The molecule has 0 aromatic carbocycles. The lowest BCUT2D eigenvalue weighted by Gasteiger charge is -2.62. The fourth-order valence-electron chi connectivity index (χ4n) is 7.68. The largest absolute Gasteiger partial charge is 0.479 e. The minimum Gasteiger partial charge on any atom is -0.479 e. The van der Waals surface area contributed by atoms with Crippen LogP contribution in [0.1, 0.15) is 53.4 Å². The maximum Gasteiger partial charge on any atom is 0.339 e. The third kappa shape index (κ3) is 2.04. The van der Waals surface area contributed by atoms with Crippen LogP contribution in [0.5, 0.6) is 0 Å². The van der Waals surface area contributed by atoms with Crippen LogP contribution in [0.3, 0.4) is 0 Å². The number of halogens is 1. The monoisotopic (exact) mass is 420 g/mol. The first-order chi connectivity index (χ1) is 13.8. The molecular weight excluding hydrogens is 391 g/mol. The summed E-state index contributed by atoms with van der Waals surface area (Å²) in [5.74, 6) is -3.24. The number of hydrogen-bond donors (Lipinski definition) is 2. The number of carboxylic acid groups (broad SMARTS) is 1. The third-order valence-electron chi connectivity index (χ3n) is 8.95. The van der Waals surface area contributed by atoms with Crippen LogP contribution in [0.4, 0.5) is 4.39 Å². The summed E-state index contributed by atoms with van der Waals surface area (Å²) < 4.78 is 29.1. The molecule has 0 aromatic heterocycles. The Balaban J connectivity index is 1.64. The Hall–Kier alpha value is -1.57. The van der Waals surface area contributed by atoms with Crippen molar-refractivity contribution in [2.24, 2.45) is 22.7 Å². The lowest BCUT2D eigenvalue weighted by Crippen LogP contribution is -2.69. The smallest absolute Gasteiger partial charge is 0.339 e. The number of allylic oxidation sites excluding steroid dienone is 4. The summed E-state index contributed by atoms with van der Waals surface area (Å²) in [5.41, 5.74) is -5.00. The highest BCUT2D eigenvalue weighted by molar-refractivity contribution is 6.01. The van der Waals surface area contributed by atoms with E-state index in [4.69, 9.17) is 9.47 Å². The number of hydrogen-bond acceptors (Lipinski definition) is 5. The van der Waals surface area contributed by atoms with Gasteiger partial charge in [-0.2, -0.15) is 0 Å². The van der Waals surface area contributed by atoms with Gasteiger partial charge in [0.1, 0.15) is 6.10 Å². The number of aliphatic hydroxyl groups excluding tert-OH is 1. The van der Waals surface area contributed by atoms with Crippen molar-refractivity contribution in [2.75, 3.05) is 0 Å². The molecule has 6 nitrogen and oxygen atoms in total. The molecule has 30 heavy (non-hydrogen) atoms. The highest BCUT2D eigenvalue weighted by atomic mass is 19.1. The van der Waals surface area contributed by atoms with Crippen molar-refractivity contribution in [3.8, 4) is 0 Å². The van der Waals surface area contributed by atoms with E-state index in [1.165, 1.54) is 12.2 Å². The molecule has 0 spiro atoms. The second-order valence-corrected chi connectivity index (χ2v) is 10.6. The third-order valence-corrected chi connectivity index (χ3v) is 8.95. The highest BCUT2D eigenvalue weighted by Gasteiger charge is 2.80. The highest BCUT2D eigenvalue weighted by Crippen LogP contribution is 2.72. The number of alkyl halides is 1. The fraction of sp³-hybridized carbons (Fsp3) is 0.739. The van der Waals surface area contributed by atoms with Crippen molar-refractivity contribution < 1.29 is 33.7 Å². The lowest BCUT2D eigenvalue weighted by molar-refractivity contribution is -0.251. The topological polar surface area (TPSA) is 93.1 Å². The molecule has 5 aliphatic rings. The first-order valence-corrected chi connectivity index (χ1v) is 10.7. The predicted molar refractivity (Wildman–Crippen MR) is 104 cm³/mol. The zero-order valence-electron chi connectivity index (χ0n) is 17.8. The van der Waals surface area contributed by atoms with Gasteiger partial charge in [0.2, 0.25) is 0 Å². The van der Waals surface area contributed by atoms with Gasteiger partial charge in [-0.15, -0.1) is 0 Å². The number of fused-ring (bicyclic) bond motifs is 7. The Morgan fingerprint density at radius 3 is 2.60 bits per heavy atom. The quantitative estimate of drug-likeness (QED) is 0.678. The summed E-state index contributed by atoms with van der Waals surface area (Å²) >= 11 is 0. The van der Waals surface area contributed by atoms with E-state index in [0.717, 1.165) is 0 Å². The Morgan fingerprint density at radius 2 is 1.93 bits per heavy atom. The minimum absolute atomic E-state index is 0.0441. The number of carboxylic acids is 1. The Bertz CT molecular complexity index is 909. The summed E-state index contributed by atoms with van der Waals surface area (Å²) in [7, 11) is 0. The summed E-state index contributed by atoms with van der Waals surface area (Å²) in [6.45, 7) is 6.94. The average molecular weight is 420 g/mol. The normalized spacial score (nSPS) is 53.4.